The van der Waals surface area contributed by atoms with E-state index in [0.717, 1.165) is 28.9 Å². The van der Waals surface area contributed by atoms with E-state index in [4.69, 9.17) is 0 Å². The summed E-state index contributed by atoms with van der Waals surface area (Å²) < 4.78 is 7.45. The maximum atomic E-state index is 13.3. The molecule has 0 aromatic heterocycles. The zero-order valence-electron chi connectivity index (χ0n) is 26.5. The molecule has 220 valence electrons. The second kappa shape index (κ2) is 14.7. The molecule has 4 rings (SSSR count). The number of nitrogens with one attached hydrogen (secondary N) is 1. The summed E-state index contributed by atoms with van der Waals surface area (Å²) in [5.41, 5.74) is 0. The number of amides is 1. The van der Waals surface area contributed by atoms with Crippen molar-refractivity contribution in [3.8, 4) is 0 Å². The Hall–Kier alpha value is -0.422. The predicted octanol–water partition coefficient (Wildman–Crippen LogP) is 10.7. The van der Waals surface area contributed by atoms with Gasteiger partial charge in [0.15, 0.2) is 0 Å². The van der Waals surface area contributed by atoms with Crippen LogP contribution in [0.4, 0.5) is 0 Å². The molecule has 3 unspecified atom stereocenters. The van der Waals surface area contributed by atoms with Crippen LogP contribution in [0, 0.1) is 17.8 Å². The van der Waals surface area contributed by atoms with Crippen LogP contribution in [-0.2, 0) is 21.6 Å². The van der Waals surface area contributed by atoms with Crippen LogP contribution < -0.4 is 3.80 Å². The van der Waals surface area contributed by atoms with Gasteiger partial charge in [-0.3, -0.25) is 0 Å². The van der Waals surface area contributed by atoms with Crippen LogP contribution in [0.5, 0.6) is 0 Å². The summed E-state index contributed by atoms with van der Waals surface area (Å²) in [6.45, 7) is 22.4. The SMILES string of the molecule is C=C(C(=C)[Si](C)(C)C)[Si](C)(C)C.O=C([NH][Ti]1([CH]2CCC3C=CC=CC32)[CH2][CH2]1)C1CCCCCCCCCCC1. The van der Waals surface area contributed by atoms with E-state index in [-0.39, 0.29) is 0 Å². The quantitative estimate of drug-likeness (QED) is 0.237. The summed E-state index contributed by atoms with van der Waals surface area (Å²) in [7, 11) is -2.39. The fourth-order valence-corrected chi connectivity index (χ4v) is 19.0. The number of rotatable bonds is 6. The number of fused-ring (bicyclic) bond motifs is 1. The zero-order valence-corrected chi connectivity index (χ0v) is 30.1. The Kier molecular flexibility index (Phi) is 12.4. The van der Waals surface area contributed by atoms with Crippen molar-refractivity contribution in [1.82, 2.24) is 3.80 Å². The number of hydrogen-bond acceptors (Lipinski definition) is 1. The monoisotopic (exact) mass is 603 g/mol. The number of carbonyl (C=O) groups excluding carboxylic acids is 1. The predicted molar refractivity (Wildman–Crippen MR) is 175 cm³/mol. The molecule has 0 bridgehead atoms. The van der Waals surface area contributed by atoms with E-state index in [1.807, 2.05) is 0 Å². The van der Waals surface area contributed by atoms with Crippen LogP contribution in [0.1, 0.15) is 83.5 Å². The molecule has 3 fully saturated rings. The first kappa shape index (κ1) is 33.1. The van der Waals surface area contributed by atoms with E-state index in [1.165, 1.54) is 90.5 Å². The Labute approximate surface area is 248 Å². The first-order valence-corrected chi connectivity index (χ1v) is 27.3. The second-order valence-electron chi connectivity index (χ2n) is 15.3. The third-order valence-corrected chi connectivity index (χ3v) is 21.5. The summed E-state index contributed by atoms with van der Waals surface area (Å²) in [5, 5.41) is 2.73. The molecule has 4 aliphatic rings. The first-order valence-electron chi connectivity index (χ1n) is 16.4. The summed E-state index contributed by atoms with van der Waals surface area (Å²) in [4.78, 5) is 13.3. The molecule has 0 spiro atoms. The van der Waals surface area contributed by atoms with Crippen molar-refractivity contribution in [2.24, 2.45) is 17.8 Å². The van der Waals surface area contributed by atoms with Gasteiger partial charge in [0.1, 0.15) is 0 Å². The fraction of sp³-hybridized carbons (Fsp3) is 0.735. The molecular formula is C34H61NOSi2Ti. The van der Waals surface area contributed by atoms with Crippen molar-refractivity contribution in [3.63, 3.8) is 0 Å². The van der Waals surface area contributed by atoms with Crippen molar-refractivity contribution >= 4 is 22.1 Å². The molecule has 0 aromatic rings. The average molecular weight is 604 g/mol. The molecule has 39 heavy (non-hydrogen) atoms. The van der Waals surface area contributed by atoms with Gasteiger partial charge in [0, 0.05) is 0 Å². The van der Waals surface area contributed by atoms with Crippen LogP contribution in [0.15, 0.2) is 47.9 Å². The molecule has 1 amide bonds. The molecular weight excluding hydrogens is 542 g/mol. The fourth-order valence-electron chi connectivity index (χ4n) is 7.00. The summed E-state index contributed by atoms with van der Waals surface area (Å²) >= 11 is -2.11. The van der Waals surface area contributed by atoms with Crippen molar-refractivity contribution in [2.75, 3.05) is 0 Å². The van der Waals surface area contributed by atoms with E-state index in [2.05, 4.69) is 80.5 Å². The van der Waals surface area contributed by atoms with Gasteiger partial charge in [-0.05, 0) is 0 Å². The molecule has 3 atom stereocenters. The molecule has 1 saturated heterocycles. The van der Waals surface area contributed by atoms with E-state index in [9.17, 15) is 4.79 Å². The van der Waals surface area contributed by atoms with Gasteiger partial charge < -0.3 is 0 Å². The maximum absolute atomic E-state index is 13.3. The number of hydrogen-bond donors (Lipinski definition) is 1. The first-order chi connectivity index (χ1) is 18.3. The minimum atomic E-state index is -2.11. The molecule has 3 aliphatic carbocycles. The molecule has 1 aliphatic heterocycles. The normalized spacial score (nSPS) is 27.7. The van der Waals surface area contributed by atoms with E-state index >= 15 is 0 Å². The number of carbonyl (C=O) groups is 1. The third kappa shape index (κ3) is 9.83. The summed E-state index contributed by atoms with van der Waals surface area (Å²) in [5.74, 6) is 2.30. The van der Waals surface area contributed by atoms with Crippen LogP contribution >= 0.6 is 0 Å². The Bertz CT molecular complexity index is 869. The van der Waals surface area contributed by atoms with Crippen LogP contribution in [-0.4, -0.2) is 22.1 Å². The van der Waals surface area contributed by atoms with Gasteiger partial charge >= 0.3 is 171 Å². The van der Waals surface area contributed by atoms with Gasteiger partial charge in [0.25, 0.3) is 0 Å². The van der Waals surface area contributed by atoms with Crippen molar-refractivity contribution in [3.05, 3.63) is 47.9 Å². The van der Waals surface area contributed by atoms with Gasteiger partial charge in [-0.2, -0.15) is 0 Å². The second-order valence-corrected chi connectivity index (χ2v) is 32.2. The molecule has 0 radical (unpaired) electrons. The molecule has 2 saturated carbocycles. The Balaban J connectivity index is 0.000000298. The zero-order chi connectivity index (χ0) is 28.7. The molecule has 1 heterocycles. The van der Waals surface area contributed by atoms with Crippen LogP contribution in [0.3, 0.4) is 0 Å². The average Bonchev–Trinajstić information content (AvgIpc) is 3.50. The van der Waals surface area contributed by atoms with Crippen molar-refractivity contribution < 1.29 is 21.6 Å². The van der Waals surface area contributed by atoms with Gasteiger partial charge in [-0.15, -0.1) is 0 Å². The Morgan fingerprint density at radius 2 is 1.15 bits per heavy atom. The molecule has 2 nitrogen and oxygen atoms in total. The minimum absolute atomic E-state index is 0.312. The Morgan fingerprint density at radius 1 is 0.692 bits per heavy atom. The van der Waals surface area contributed by atoms with E-state index < -0.39 is 33.0 Å². The summed E-state index contributed by atoms with van der Waals surface area (Å²) in [6, 6.07) is 0. The number of allylic oxidation sites excluding steroid dienone is 6. The van der Waals surface area contributed by atoms with Gasteiger partial charge in [0.2, 0.25) is 0 Å². The molecule has 0 aromatic carbocycles. The van der Waals surface area contributed by atoms with Gasteiger partial charge in [-0.1, -0.05) is 62.8 Å². The third-order valence-electron chi connectivity index (χ3n) is 10.1. The van der Waals surface area contributed by atoms with Crippen LogP contribution in [0.25, 0.3) is 0 Å². The van der Waals surface area contributed by atoms with Crippen molar-refractivity contribution in [1.29, 1.82) is 0 Å². The van der Waals surface area contributed by atoms with Gasteiger partial charge in [0.05, 0.1) is 16.1 Å². The Morgan fingerprint density at radius 3 is 1.62 bits per heavy atom. The van der Waals surface area contributed by atoms with E-state index in [0.29, 0.717) is 11.8 Å². The molecule has 5 heteroatoms. The standard InChI is InChI=1S/C13H25NO.C10H22Si2.C9H11.C2H4.Ti/c14-13(15)12-10-8-6-4-2-1-3-5-7-9-11-12;1-9(11(3,4)5)10(2)12(6,7)8;1-2-5-9-7-3-6-8(9)4-1;1-2;/h12H,1-11H2,(H2,14,15);1-2H2,3-8H3;1-2,4-6,8-9H,3,7H2;1-2H2;/q;;;;+1/p-1. The van der Waals surface area contributed by atoms with Gasteiger partial charge in [-0.25, -0.2) is 0 Å². The van der Waals surface area contributed by atoms with Crippen LogP contribution in [0.2, 0.25) is 53.0 Å². The van der Waals surface area contributed by atoms with Crippen molar-refractivity contribution in [2.45, 2.75) is 136 Å². The molecule has 1 N–H and O–H groups in total. The topological polar surface area (TPSA) is 29.1 Å². The summed E-state index contributed by atoms with van der Waals surface area (Å²) in [6.07, 6.45) is 26.6. The van der Waals surface area contributed by atoms with E-state index in [1.54, 1.807) is 0 Å².